The van der Waals surface area contributed by atoms with Crippen molar-refractivity contribution < 1.29 is 9.90 Å². The smallest absolute Gasteiger partial charge is 0.264 e. The van der Waals surface area contributed by atoms with Gasteiger partial charge in [0.2, 0.25) is 0 Å². The number of nitrogens with zero attached hydrogens (tertiary/aromatic N) is 1. The first-order valence-electron chi connectivity index (χ1n) is 7.76. The van der Waals surface area contributed by atoms with Crippen LogP contribution in [-0.2, 0) is 12.8 Å². The number of rotatable bonds is 2. The summed E-state index contributed by atoms with van der Waals surface area (Å²) in [5.74, 6) is 0.910. The van der Waals surface area contributed by atoms with E-state index in [-0.39, 0.29) is 12.0 Å². The summed E-state index contributed by atoms with van der Waals surface area (Å²) >= 11 is 1.68. The van der Waals surface area contributed by atoms with Gasteiger partial charge in [-0.25, -0.2) is 0 Å². The number of amides is 1. The highest BCUT2D eigenvalue weighted by molar-refractivity contribution is 7.14. The van der Waals surface area contributed by atoms with E-state index in [1.165, 1.54) is 23.3 Å². The van der Waals surface area contributed by atoms with Crippen LogP contribution in [0.15, 0.2) is 6.07 Å². The van der Waals surface area contributed by atoms with Crippen LogP contribution in [0.25, 0.3) is 0 Å². The second-order valence-corrected chi connectivity index (χ2v) is 7.26. The zero-order chi connectivity index (χ0) is 14.1. The normalized spacial score (nSPS) is 26.4. The van der Waals surface area contributed by atoms with Gasteiger partial charge >= 0.3 is 0 Å². The van der Waals surface area contributed by atoms with Gasteiger partial charge < -0.3 is 10.0 Å². The molecule has 1 saturated heterocycles. The Morgan fingerprint density at radius 1 is 1.50 bits per heavy atom. The van der Waals surface area contributed by atoms with Crippen molar-refractivity contribution in [2.45, 2.75) is 51.6 Å². The van der Waals surface area contributed by atoms with Crippen LogP contribution in [0.5, 0.6) is 0 Å². The fraction of sp³-hybridized carbons (Fsp3) is 0.688. The van der Waals surface area contributed by atoms with Gasteiger partial charge in [-0.2, -0.15) is 0 Å². The van der Waals surface area contributed by atoms with Crippen LogP contribution in [0.3, 0.4) is 0 Å². The summed E-state index contributed by atoms with van der Waals surface area (Å²) in [5.41, 5.74) is 1.40. The molecule has 110 valence electrons. The Morgan fingerprint density at radius 3 is 3.10 bits per heavy atom. The Balaban J connectivity index is 1.74. The first-order valence-corrected chi connectivity index (χ1v) is 8.58. The molecule has 1 fully saturated rings. The second-order valence-electron chi connectivity index (χ2n) is 6.12. The van der Waals surface area contributed by atoms with Gasteiger partial charge in [0.25, 0.3) is 5.91 Å². The maximum Gasteiger partial charge on any atom is 0.264 e. The lowest BCUT2D eigenvalue weighted by atomic mass is 9.87. The molecular weight excluding hydrogens is 270 g/mol. The number of thiophene rings is 1. The van der Waals surface area contributed by atoms with Crippen LogP contribution in [-0.4, -0.2) is 35.1 Å². The van der Waals surface area contributed by atoms with Crippen LogP contribution in [0.4, 0.5) is 0 Å². The highest BCUT2D eigenvalue weighted by Gasteiger charge is 2.27. The van der Waals surface area contributed by atoms with E-state index in [1.54, 1.807) is 11.3 Å². The fourth-order valence-corrected chi connectivity index (χ4v) is 4.52. The Hall–Kier alpha value is -0.870. The van der Waals surface area contributed by atoms with E-state index in [4.69, 9.17) is 0 Å². The van der Waals surface area contributed by atoms with Crippen molar-refractivity contribution in [1.82, 2.24) is 4.90 Å². The number of likely N-dealkylation sites (tertiary alicyclic amines) is 1. The Morgan fingerprint density at radius 2 is 2.35 bits per heavy atom. The maximum absolute atomic E-state index is 12.5. The number of piperidine rings is 1. The standard InChI is InChI=1S/C16H23NO2S/c1-2-11-5-6-14-12(8-11)9-15(20-14)16(19)17-7-3-4-13(18)10-17/h9,11,13,18H,2-8,10H2,1H3. The topological polar surface area (TPSA) is 40.5 Å². The third-order valence-corrected chi connectivity index (χ3v) is 5.88. The molecule has 1 aliphatic heterocycles. The first-order chi connectivity index (χ1) is 9.67. The molecule has 2 aliphatic rings. The van der Waals surface area contributed by atoms with E-state index in [1.807, 2.05) is 4.90 Å². The molecule has 0 spiro atoms. The van der Waals surface area contributed by atoms with Gasteiger partial charge in [-0.05, 0) is 49.7 Å². The Labute approximate surface area is 124 Å². The van der Waals surface area contributed by atoms with Crippen LogP contribution < -0.4 is 0 Å². The van der Waals surface area contributed by atoms with Gasteiger partial charge in [0.1, 0.15) is 0 Å². The predicted octanol–water partition coefficient (Wildman–Crippen LogP) is 2.86. The molecule has 1 amide bonds. The number of aliphatic hydroxyl groups excluding tert-OH is 1. The molecule has 1 aliphatic carbocycles. The van der Waals surface area contributed by atoms with Crippen LogP contribution in [0.1, 0.15) is 52.7 Å². The average molecular weight is 293 g/mol. The summed E-state index contributed by atoms with van der Waals surface area (Å²) in [5, 5.41) is 9.71. The molecule has 0 saturated carbocycles. The average Bonchev–Trinajstić information content (AvgIpc) is 2.89. The largest absolute Gasteiger partial charge is 0.391 e. The lowest BCUT2D eigenvalue weighted by Gasteiger charge is -2.29. The predicted molar refractivity (Wildman–Crippen MR) is 81.3 cm³/mol. The summed E-state index contributed by atoms with van der Waals surface area (Å²) in [6.45, 7) is 3.54. The molecule has 2 unspecified atom stereocenters. The number of hydrogen-bond acceptors (Lipinski definition) is 3. The number of β-amino-alcohol motifs (C(OH)–C–C–N with tert-alkyl or cyclic N) is 1. The summed E-state index contributed by atoms with van der Waals surface area (Å²) < 4.78 is 0. The minimum Gasteiger partial charge on any atom is -0.391 e. The lowest BCUT2D eigenvalue weighted by Crippen LogP contribution is -2.41. The number of carbonyl (C=O) groups excluding carboxylic acids is 1. The van der Waals surface area contributed by atoms with E-state index in [0.717, 1.165) is 43.0 Å². The van der Waals surface area contributed by atoms with Gasteiger partial charge in [0, 0.05) is 18.0 Å². The Kier molecular flexibility index (Phi) is 4.13. The van der Waals surface area contributed by atoms with E-state index in [2.05, 4.69) is 13.0 Å². The molecule has 3 rings (SSSR count). The zero-order valence-corrected chi connectivity index (χ0v) is 12.9. The number of fused-ring (bicyclic) bond motifs is 1. The Bertz CT molecular complexity index is 497. The molecule has 1 aromatic rings. The van der Waals surface area contributed by atoms with E-state index in [9.17, 15) is 9.90 Å². The summed E-state index contributed by atoms with van der Waals surface area (Å²) in [4.78, 5) is 16.6. The van der Waals surface area contributed by atoms with Gasteiger partial charge in [-0.1, -0.05) is 13.3 Å². The van der Waals surface area contributed by atoms with Crippen molar-refractivity contribution in [2.75, 3.05) is 13.1 Å². The number of carbonyl (C=O) groups is 1. The molecule has 3 nitrogen and oxygen atoms in total. The second kappa shape index (κ2) is 5.86. The van der Waals surface area contributed by atoms with Crippen LogP contribution in [0.2, 0.25) is 0 Å². The number of aliphatic hydroxyl groups is 1. The minimum atomic E-state index is -0.341. The zero-order valence-electron chi connectivity index (χ0n) is 12.1. The molecule has 0 radical (unpaired) electrons. The summed E-state index contributed by atoms with van der Waals surface area (Å²) in [6, 6.07) is 2.12. The van der Waals surface area contributed by atoms with Gasteiger partial charge in [-0.15, -0.1) is 11.3 Å². The third kappa shape index (κ3) is 2.77. The number of aryl methyl sites for hydroxylation is 1. The van der Waals surface area contributed by atoms with Crippen LogP contribution >= 0.6 is 11.3 Å². The molecule has 0 aromatic carbocycles. The van der Waals surface area contributed by atoms with Crippen molar-refractivity contribution >= 4 is 17.2 Å². The molecule has 4 heteroatoms. The minimum absolute atomic E-state index is 0.121. The number of hydrogen-bond donors (Lipinski definition) is 1. The maximum atomic E-state index is 12.5. The van der Waals surface area contributed by atoms with Crippen molar-refractivity contribution in [3.8, 4) is 0 Å². The van der Waals surface area contributed by atoms with E-state index >= 15 is 0 Å². The summed E-state index contributed by atoms with van der Waals surface area (Å²) in [6.07, 6.45) is 6.16. The van der Waals surface area contributed by atoms with Crippen molar-refractivity contribution in [1.29, 1.82) is 0 Å². The van der Waals surface area contributed by atoms with Crippen LogP contribution in [0, 0.1) is 5.92 Å². The highest BCUT2D eigenvalue weighted by Crippen LogP contribution is 2.34. The highest BCUT2D eigenvalue weighted by atomic mass is 32.1. The molecule has 1 N–H and O–H groups in total. The molecule has 2 atom stereocenters. The van der Waals surface area contributed by atoms with E-state index in [0.29, 0.717) is 6.54 Å². The monoisotopic (exact) mass is 293 g/mol. The SMILES string of the molecule is CCC1CCc2sc(C(=O)N3CCCC(O)C3)cc2C1. The van der Waals surface area contributed by atoms with Gasteiger partial charge in [0.05, 0.1) is 11.0 Å². The fourth-order valence-electron chi connectivity index (χ4n) is 3.35. The van der Waals surface area contributed by atoms with E-state index < -0.39 is 0 Å². The first kappa shape index (κ1) is 14.1. The van der Waals surface area contributed by atoms with Crippen molar-refractivity contribution in [3.63, 3.8) is 0 Å². The lowest BCUT2D eigenvalue weighted by molar-refractivity contribution is 0.0477. The quantitative estimate of drug-likeness (QED) is 0.911. The van der Waals surface area contributed by atoms with Crippen molar-refractivity contribution in [3.05, 3.63) is 21.4 Å². The van der Waals surface area contributed by atoms with Gasteiger partial charge in [-0.3, -0.25) is 4.79 Å². The van der Waals surface area contributed by atoms with Crippen molar-refractivity contribution in [2.24, 2.45) is 5.92 Å². The summed E-state index contributed by atoms with van der Waals surface area (Å²) in [7, 11) is 0. The molecule has 1 aromatic heterocycles. The molecular formula is C16H23NO2S. The molecule has 0 bridgehead atoms. The molecule has 2 heterocycles. The van der Waals surface area contributed by atoms with Gasteiger partial charge in [0.15, 0.2) is 0 Å². The molecule has 20 heavy (non-hydrogen) atoms. The third-order valence-electron chi connectivity index (χ3n) is 4.66.